The molecule has 0 aliphatic heterocycles. The minimum Gasteiger partial charge on any atom is -0.334 e. The van der Waals surface area contributed by atoms with Gasteiger partial charge in [0.15, 0.2) is 0 Å². The Morgan fingerprint density at radius 3 is 2.58 bits per heavy atom. The third-order valence-corrected chi connectivity index (χ3v) is 2.30. The number of nitrogens with one attached hydrogen (secondary N) is 2. The molecule has 3 nitrogen and oxygen atoms in total. The molecule has 2 N–H and O–H groups in total. The molecule has 104 valence electrons. The van der Waals surface area contributed by atoms with Crippen LogP contribution in [0.25, 0.3) is 0 Å². The summed E-state index contributed by atoms with van der Waals surface area (Å²) < 4.78 is 38.0. The summed E-state index contributed by atoms with van der Waals surface area (Å²) in [6.07, 6.45) is -1.30. The third kappa shape index (κ3) is 5.21. The van der Waals surface area contributed by atoms with Gasteiger partial charge in [0, 0.05) is 12.4 Å². The second-order valence-electron chi connectivity index (χ2n) is 3.50. The number of carbonyl (C=O) groups excluding carboxylic acids is 1. The average molecular weight is 293 g/mol. The Morgan fingerprint density at radius 2 is 1.95 bits per heavy atom. The van der Waals surface area contributed by atoms with E-state index in [1.54, 1.807) is 12.2 Å². The Hall–Kier alpha value is -1.69. The van der Waals surface area contributed by atoms with Gasteiger partial charge in [-0.2, -0.15) is 13.2 Å². The van der Waals surface area contributed by atoms with E-state index in [1.807, 2.05) is 0 Å². The van der Waals surface area contributed by atoms with Crippen molar-refractivity contribution in [3.63, 3.8) is 0 Å². The van der Waals surface area contributed by atoms with Crippen LogP contribution in [0.3, 0.4) is 0 Å². The first-order valence-corrected chi connectivity index (χ1v) is 5.90. The molecule has 0 aromatic heterocycles. The Bertz CT molecular complexity index is 461. The molecule has 0 saturated heterocycles. The van der Waals surface area contributed by atoms with Crippen molar-refractivity contribution in [2.45, 2.75) is 6.18 Å². The number of amides is 2. The number of halogens is 4. The third-order valence-electron chi connectivity index (χ3n) is 2.12. The first-order valence-electron chi connectivity index (χ1n) is 5.37. The van der Waals surface area contributed by atoms with E-state index < -0.39 is 17.8 Å². The highest BCUT2D eigenvalue weighted by molar-refractivity contribution is 6.18. The minimum atomic E-state index is -4.51. The Morgan fingerprint density at radius 1 is 1.26 bits per heavy atom. The van der Waals surface area contributed by atoms with Gasteiger partial charge in [0.2, 0.25) is 0 Å². The van der Waals surface area contributed by atoms with Gasteiger partial charge in [0.05, 0.1) is 11.3 Å². The van der Waals surface area contributed by atoms with E-state index in [2.05, 4.69) is 10.6 Å². The van der Waals surface area contributed by atoms with Crippen LogP contribution in [0, 0.1) is 0 Å². The molecule has 1 aromatic carbocycles. The van der Waals surface area contributed by atoms with Crippen LogP contribution in [0.2, 0.25) is 0 Å². The zero-order valence-corrected chi connectivity index (χ0v) is 10.6. The lowest BCUT2D eigenvalue weighted by Crippen LogP contribution is -2.29. The van der Waals surface area contributed by atoms with Gasteiger partial charge in [-0.1, -0.05) is 24.3 Å². The monoisotopic (exact) mass is 292 g/mol. The number of hydrogen-bond donors (Lipinski definition) is 2. The fraction of sp³-hybridized carbons (Fsp3) is 0.250. The zero-order valence-electron chi connectivity index (χ0n) is 9.80. The van der Waals surface area contributed by atoms with Crippen molar-refractivity contribution in [3.05, 3.63) is 42.0 Å². The van der Waals surface area contributed by atoms with Crippen LogP contribution in [0.4, 0.5) is 23.7 Å². The van der Waals surface area contributed by atoms with Crippen molar-refractivity contribution in [1.82, 2.24) is 5.32 Å². The fourth-order valence-corrected chi connectivity index (χ4v) is 1.43. The molecule has 0 aliphatic carbocycles. The Labute approximate surface area is 113 Å². The maximum atomic E-state index is 12.7. The topological polar surface area (TPSA) is 41.1 Å². The number of allylic oxidation sites excluding steroid dienone is 1. The number of urea groups is 1. The number of rotatable bonds is 4. The molecular formula is C12H12ClF3N2O. The van der Waals surface area contributed by atoms with Crippen LogP contribution in [0.15, 0.2) is 36.4 Å². The summed E-state index contributed by atoms with van der Waals surface area (Å²) in [4.78, 5) is 11.4. The van der Waals surface area contributed by atoms with Crippen molar-refractivity contribution in [1.29, 1.82) is 0 Å². The van der Waals surface area contributed by atoms with Gasteiger partial charge in [-0.05, 0) is 12.1 Å². The lowest BCUT2D eigenvalue weighted by atomic mass is 10.1. The number of carbonyl (C=O) groups is 1. The van der Waals surface area contributed by atoms with E-state index in [1.165, 1.54) is 18.2 Å². The normalized spacial score (nSPS) is 11.6. The second-order valence-corrected chi connectivity index (χ2v) is 3.81. The Kier molecular flexibility index (Phi) is 5.69. The van der Waals surface area contributed by atoms with Crippen molar-refractivity contribution in [2.75, 3.05) is 17.7 Å². The van der Waals surface area contributed by atoms with Crippen LogP contribution in [-0.2, 0) is 6.18 Å². The summed E-state index contributed by atoms with van der Waals surface area (Å²) >= 11 is 5.38. The SMILES string of the molecule is O=C(NC/C=C/CCl)Nc1ccccc1C(F)(F)F. The molecule has 0 heterocycles. The summed E-state index contributed by atoms with van der Waals surface area (Å²) in [6, 6.07) is 4.06. The Balaban J connectivity index is 2.67. The standard InChI is InChI=1S/C12H12ClF3N2O/c13-7-3-4-8-17-11(19)18-10-6-2-1-5-9(10)12(14,15)16/h1-6H,7-8H2,(H2,17,18,19)/b4-3+. The van der Waals surface area contributed by atoms with E-state index in [0.717, 1.165) is 6.07 Å². The maximum absolute atomic E-state index is 12.7. The van der Waals surface area contributed by atoms with E-state index in [4.69, 9.17) is 11.6 Å². The molecule has 2 amide bonds. The summed E-state index contributed by atoms with van der Waals surface area (Å²) in [5.41, 5.74) is -1.17. The minimum absolute atomic E-state index is 0.187. The molecule has 0 spiro atoms. The number of benzene rings is 1. The molecule has 0 saturated carbocycles. The molecular weight excluding hydrogens is 281 g/mol. The van der Waals surface area contributed by atoms with Gasteiger partial charge in [0.1, 0.15) is 0 Å². The lowest BCUT2D eigenvalue weighted by molar-refractivity contribution is -0.136. The van der Waals surface area contributed by atoms with Crippen molar-refractivity contribution < 1.29 is 18.0 Å². The number of para-hydroxylation sites is 1. The van der Waals surface area contributed by atoms with Crippen LogP contribution in [-0.4, -0.2) is 18.5 Å². The van der Waals surface area contributed by atoms with Crippen LogP contribution in [0.5, 0.6) is 0 Å². The average Bonchev–Trinajstić information content (AvgIpc) is 2.34. The van der Waals surface area contributed by atoms with Crippen molar-refractivity contribution >= 4 is 23.3 Å². The van der Waals surface area contributed by atoms with Gasteiger partial charge < -0.3 is 10.6 Å². The number of anilines is 1. The van der Waals surface area contributed by atoms with Crippen LogP contribution >= 0.6 is 11.6 Å². The highest BCUT2D eigenvalue weighted by atomic mass is 35.5. The van der Waals surface area contributed by atoms with E-state index in [0.29, 0.717) is 5.88 Å². The summed E-state index contributed by atoms with van der Waals surface area (Å²) in [7, 11) is 0. The largest absolute Gasteiger partial charge is 0.418 e. The first-order chi connectivity index (χ1) is 8.95. The number of alkyl halides is 4. The molecule has 1 rings (SSSR count). The first kappa shape index (κ1) is 15.4. The highest BCUT2D eigenvalue weighted by Gasteiger charge is 2.33. The van der Waals surface area contributed by atoms with Gasteiger partial charge >= 0.3 is 12.2 Å². The lowest BCUT2D eigenvalue weighted by Gasteiger charge is -2.13. The summed E-state index contributed by atoms with van der Waals surface area (Å²) in [5.74, 6) is 0.306. The molecule has 0 aliphatic rings. The summed E-state index contributed by atoms with van der Waals surface area (Å²) in [5, 5.41) is 4.54. The van der Waals surface area contributed by atoms with E-state index >= 15 is 0 Å². The van der Waals surface area contributed by atoms with Crippen molar-refractivity contribution in [2.24, 2.45) is 0 Å². The maximum Gasteiger partial charge on any atom is 0.418 e. The number of hydrogen-bond acceptors (Lipinski definition) is 1. The summed E-state index contributed by atoms with van der Waals surface area (Å²) in [6.45, 7) is 0.187. The predicted octanol–water partition coefficient (Wildman–Crippen LogP) is 3.62. The highest BCUT2D eigenvalue weighted by Crippen LogP contribution is 2.34. The quantitative estimate of drug-likeness (QED) is 0.646. The molecule has 0 unspecified atom stereocenters. The van der Waals surface area contributed by atoms with E-state index in [-0.39, 0.29) is 12.2 Å². The van der Waals surface area contributed by atoms with Gasteiger partial charge in [0.25, 0.3) is 0 Å². The van der Waals surface area contributed by atoms with E-state index in [9.17, 15) is 18.0 Å². The van der Waals surface area contributed by atoms with Crippen molar-refractivity contribution in [3.8, 4) is 0 Å². The van der Waals surface area contributed by atoms with Gasteiger partial charge in [-0.15, -0.1) is 11.6 Å². The molecule has 7 heteroatoms. The molecule has 1 aromatic rings. The van der Waals surface area contributed by atoms with Crippen LogP contribution in [0.1, 0.15) is 5.56 Å². The van der Waals surface area contributed by atoms with Gasteiger partial charge in [-0.3, -0.25) is 0 Å². The second kappa shape index (κ2) is 7.04. The predicted molar refractivity (Wildman–Crippen MR) is 68.3 cm³/mol. The molecule has 0 atom stereocenters. The molecule has 0 fully saturated rings. The molecule has 0 radical (unpaired) electrons. The van der Waals surface area contributed by atoms with Gasteiger partial charge in [-0.25, -0.2) is 4.79 Å². The van der Waals surface area contributed by atoms with Crippen LogP contribution < -0.4 is 10.6 Å². The smallest absolute Gasteiger partial charge is 0.334 e. The molecule has 19 heavy (non-hydrogen) atoms. The zero-order chi connectivity index (χ0) is 14.3. The molecule has 0 bridgehead atoms. The fourth-order valence-electron chi connectivity index (χ4n) is 1.30.